The van der Waals surface area contributed by atoms with Gasteiger partial charge in [0.1, 0.15) is 18.1 Å². The minimum absolute atomic E-state index is 0.0934. The van der Waals surface area contributed by atoms with E-state index in [1.165, 1.54) is 0 Å². The van der Waals surface area contributed by atoms with Gasteiger partial charge in [-0.2, -0.15) is 0 Å². The smallest absolute Gasteiger partial charge is 0.254 e. The highest BCUT2D eigenvalue weighted by Crippen LogP contribution is 2.43. The molecule has 1 unspecified atom stereocenters. The van der Waals surface area contributed by atoms with Crippen LogP contribution in [0, 0.1) is 3.57 Å². The van der Waals surface area contributed by atoms with E-state index in [-0.39, 0.29) is 11.4 Å². The zero-order valence-electron chi connectivity index (χ0n) is 14.1. The van der Waals surface area contributed by atoms with Gasteiger partial charge in [0.2, 0.25) is 0 Å². The molecule has 2 aromatic rings. The van der Waals surface area contributed by atoms with E-state index < -0.39 is 0 Å². The van der Waals surface area contributed by atoms with Crippen LogP contribution < -0.4 is 9.47 Å². The number of nitrogens with zero attached hydrogens (tertiary/aromatic N) is 1. The molecule has 0 aromatic heterocycles. The molecule has 2 heterocycles. The molecular weight excluding hydrogens is 429 g/mol. The van der Waals surface area contributed by atoms with Crippen molar-refractivity contribution in [3.63, 3.8) is 0 Å². The standard InChI is InChI=1S/C20H20INO3/c1-24-17-4-2-5-18-16(17)12-20(13-25-18)10-3-11-22(20)19(23)14-6-8-15(21)9-7-14/h2,4-9H,3,10-13H2,1H3. The van der Waals surface area contributed by atoms with Crippen molar-refractivity contribution in [2.75, 3.05) is 20.3 Å². The van der Waals surface area contributed by atoms with Crippen LogP contribution in [0.1, 0.15) is 28.8 Å². The van der Waals surface area contributed by atoms with E-state index in [0.29, 0.717) is 6.61 Å². The third kappa shape index (κ3) is 2.88. The molecule has 0 bridgehead atoms. The van der Waals surface area contributed by atoms with Crippen LogP contribution in [0.15, 0.2) is 42.5 Å². The zero-order chi connectivity index (χ0) is 17.4. The van der Waals surface area contributed by atoms with Gasteiger partial charge >= 0.3 is 0 Å². The lowest BCUT2D eigenvalue weighted by molar-refractivity contribution is 0.0394. The van der Waals surface area contributed by atoms with E-state index in [1.54, 1.807) is 7.11 Å². The number of hydrogen-bond donors (Lipinski definition) is 0. The lowest BCUT2D eigenvalue weighted by Crippen LogP contribution is -2.54. The Morgan fingerprint density at radius 2 is 2.04 bits per heavy atom. The second kappa shape index (κ2) is 6.52. The summed E-state index contributed by atoms with van der Waals surface area (Å²) in [5.74, 6) is 1.81. The summed E-state index contributed by atoms with van der Waals surface area (Å²) in [6, 6.07) is 13.7. The summed E-state index contributed by atoms with van der Waals surface area (Å²) in [5.41, 5.74) is 1.54. The number of fused-ring (bicyclic) bond motifs is 1. The Bertz CT molecular complexity index is 791. The second-order valence-corrected chi connectivity index (χ2v) is 7.94. The van der Waals surface area contributed by atoms with E-state index >= 15 is 0 Å². The number of rotatable bonds is 2. The number of benzene rings is 2. The predicted molar refractivity (Wildman–Crippen MR) is 104 cm³/mol. The summed E-state index contributed by atoms with van der Waals surface area (Å²) in [5, 5.41) is 0. The molecular formula is C20H20INO3. The summed E-state index contributed by atoms with van der Waals surface area (Å²) in [7, 11) is 1.68. The van der Waals surface area contributed by atoms with Crippen molar-refractivity contribution in [2.45, 2.75) is 24.8 Å². The fraction of sp³-hybridized carbons (Fsp3) is 0.350. The van der Waals surface area contributed by atoms with Gasteiger partial charge in [-0.1, -0.05) is 6.07 Å². The Balaban J connectivity index is 1.67. The number of ether oxygens (including phenoxy) is 2. The number of methoxy groups -OCH3 is 1. The summed E-state index contributed by atoms with van der Waals surface area (Å²) in [4.78, 5) is 15.2. The first-order valence-electron chi connectivity index (χ1n) is 8.49. The van der Waals surface area contributed by atoms with Gasteiger partial charge in [0.15, 0.2) is 0 Å². The highest BCUT2D eigenvalue weighted by Gasteiger charge is 2.47. The van der Waals surface area contributed by atoms with E-state index in [0.717, 1.165) is 52.0 Å². The summed E-state index contributed by atoms with van der Waals surface area (Å²) in [6.07, 6.45) is 2.74. The molecule has 4 nitrogen and oxygen atoms in total. The Morgan fingerprint density at radius 1 is 1.24 bits per heavy atom. The first kappa shape index (κ1) is 16.7. The zero-order valence-corrected chi connectivity index (χ0v) is 16.3. The van der Waals surface area contributed by atoms with Crippen molar-refractivity contribution in [3.8, 4) is 11.5 Å². The maximum absolute atomic E-state index is 13.1. The first-order chi connectivity index (χ1) is 12.1. The molecule has 130 valence electrons. The van der Waals surface area contributed by atoms with Crippen LogP contribution in [0.2, 0.25) is 0 Å². The second-order valence-electron chi connectivity index (χ2n) is 6.69. The van der Waals surface area contributed by atoms with Gasteiger partial charge in [-0.3, -0.25) is 4.79 Å². The summed E-state index contributed by atoms with van der Waals surface area (Å²) in [6.45, 7) is 1.32. The van der Waals surface area contributed by atoms with Crippen LogP contribution in [-0.2, 0) is 6.42 Å². The molecule has 2 aliphatic heterocycles. The third-order valence-corrected chi connectivity index (χ3v) is 5.96. The van der Waals surface area contributed by atoms with Crippen LogP contribution >= 0.6 is 22.6 Å². The molecule has 0 aliphatic carbocycles. The molecule has 1 fully saturated rings. The highest BCUT2D eigenvalue weighted by atomic mass is 127. The molecule has 4 rings (SSSR count). The van der Waals surface area contributed by atoms with Crippen molar-refractivity contribution in [1.82, 2.24) is 4.90 Å². The average Bonchev–Trinajstić information content (AvgIpc) is 3.04. The normalized spacial score (nSPS) is 21.8. The fourth-order valence-electron chi connectivity index (χ4n) is 3.98. The van der Waals surface area contributed by atoms with Crippen LogP contribution in [0.4, 0.5) is 0 Å². The van der Waals surface area contributed by atoms with Crippen molar-refractivity contribution in [1.29, 1.82) is 0 Å². The lowest BCUT2D eigenvalue weighted by Gasteiger charge is -2.42. The molecule has 2 aromatic carbocycles. The molecule has 5 heteroatoms. The Hall–Kier alpha value is -1.76. The first-order valence-corrected chi connectivity index (χ1v) is 9.57. The van der Waals surface area contributed by atoms with Gasteiger partial charge in [0.25, 0.3) is 5.91 Å². The Kier molecular flexibility index (Phi) is 4.35. The van der Waals surface area contributed by atoms with Crippen LogP contribution in [-0.4, -0.2) is 36.6 Å². The van der Waals surface area contributed by atoms with Crippen molar-refractivity contribution < 1.29 is 14.3 Å². The van der Waals surface area contributed by atoms with Gasteiger partial charge in [0.05, 0.1) is 12.6 Å². The molecule has 2 aliphatic rings. The highest BCUT2D eigenvalue weighted by molar-refractivity contribution is 14.1. The van der Waals surface area contributed by atoms with Crippen molar-refractivity contribution in [3.05, 3.63) is 57.2 Å². The summed E-state index contributed by atoms with van der Waals surface area (Å²) < 4.78 is 12.7. The van der Waals surface area contributed by atoms with E-state index in [1.807, 2.05) is 47.4 Å². The minimum Gasteiger partial charge on any atom is -0.496 e. The molecule has 0 radical (unpaired) electrons. The summed E-state index contributed by atoms with van der Waals surface area (Å²) >= 11 is 2.25. The van der Waals surface area contributed by atoms with E-state index in [4.69, 9.17) is 9.47 Å². The molecule has 1 amide bonds. The minimum atomic E-state index is -0.276. The SMILES string of the molecule is COc1cccc2c1CC1(CCCN1C(=O)c1ccc(I)cc1)CO2. The molecule has 0 saturated carbocycles. The molecule has 0 N–H and O–H groups in total. The van der Waals surface area contributed by atoms with Crippen molar-refractivity contribution >= 4 is 28.5 Å². The largest absolute Gasteiger partial charge is 0.496 e. The monoisotopic (exact) mass is 449 g/mol. The average molecular weight is 449 g/mol. The van der Waals surface area contributed by atoms with E-state index in [9.17, 15) is 4.79 Å². The van der Waals surface area contributed by atoms with Crippen LogP contribution in [0.5, 0.6) is 11.5 Å². The quantitative estimate of drug-likeness (QED) is 0.653. The maximum Gasteiger partial charge on any atom is 0.254 e. The van der Waals surface area contributed by atoms with Gasteiger partial charge in [-0.25, -0.2) is 0 Å². The number of halogens is 1. The molecule has 1 atom stereocenters. The van der Waals surface area contributed by atoms with Crippen LogP contribution in [0.3, 0.4) is 0 Å². The predicted octanol–water partition coefficient (Wildman–Crippen LogP) is 3.91. The number of carbonyl (C=O) groups is 1. The number of hydrogen-bond acceptors (Lipinski definition) is 3. The third-order valence-electron chi connectivity index (χ3n) is 5.24. The fourth-order valence-corrected chi connectivity index (χ4v) is 4.34. The maximum atomic E-state index is 13.1. The van der Waals surface area contributed by atoms with Gasteiger partial charge in [-0.05, 0) is 71.8 Å². The van der Waals surface area contributed by atoms with Crippen LogP contribution in [0.25, 0.3) is 0 Å². The number of likely N-dealkylation sites (tertiary alicyclic amines) is 1. The van der Waals surface area contributed by atoms with Gasteiger partial charge in [-0.15, -0.1) is 0 Å². The number of amides is 1. The molecule has 1 spiro atoms. The van der Waals surface area contributed by atoms with Gasteiger partial charge in [0, 0.05) is 27.7 Å². The van der Waals surface area contributed by atoms with Crippen molar-refractivity contribution in [2.24, 2.45) is 0 Å². The Labute approximate surface area is 161 Å². The number of carbonyl (C=O) groups excluding carboxylic acids is 1. The Morgan fingerprint density at radius 3 is 2.80 bits per heavy atom. The van der Waals surface area contributed by atoms with E-state index in [2.05, 4.69) is 22.6 Å². The van der Waals surface area contributed by atoms with Gasteiger partial charge < -0.3 is 14.4 Å². The lowest BCUT2D eigenvalue weighted by atomic mass is 9.85. The topological polar surface area (TPSA) is 38.8 Å². The molecule has 1 saturated heterocycles. The molecule has 25 heavy (non-hydrogen) atoms.